The van der Waals surface area contributed by atoms with Crippen LogP contribution in [0.2, 0.25) is 5.02 Å². The molecule has 1 aromatic carbocycles. The molecule has 0 spiro atoms. The first-order valence-corrected chi connectivity index (χ1v) is 8.73. The van der Waals surface area contributed by atoms with Gasteiger partial charge < -0.3 is 5.32 Å². The van der Waals surface area contributed by atoms with Crippen LogP contribution in [0.4, 0.5) is 0 Å². The maximum Gasteiger partial charge on any atom is 0.0542 e. The molecule has 106 valence electrons. The van der Waals surface area contributed by atoms with E-state index in [1.807, 2.05) is 0 Å². The molecule has 3 unspecified atom stereocenters. The highest BCUT2D eigenvalue weighted by atomic mass is 127. The topological polar surface area (TPSA) is 12.0 Å². The first-order valence-electron chi connectivity index (χ1n) is 7.28. The molecule has 0 aromatic heterocycles. The van der Waals surface area contributed by atoms with E-state index >= 15 is 0 Å². The Balaban J connectivity index is 2.16. The Morgan fingerprint density at radius 2 is 2.21 bits per heavy atom. The minimum Gasteiger partial charge on any atom is -0.313 e. The Hall–Kier alpha value is 0.200. The van der Waals surface area contributed by atoms with Crippen molar-refractivity contribution in [1.82, 2.24) is 5.32 Å². The number of rotatable bonds is 4. The molecular weight excluding hydrogens is 369 g/mol. The van der Waals surface area contributed by atoms with Crippen molar-refractivity contribution >= 4 is 34.2 Å². The van der Waals surface area contributed by atoms with Crippen LogP contribution in [0.3, 0.4) is 0 Å². The maximum absolute atomic E-state index is 6.27. The monoisotopic (exact) mass is 391 g/mol. The Kier molecular flexibility index (Phi) is 5.97. The summed E-state index contributed by atoms with van der Waals surface area (Å²) in [7, 11) is 2.08. The fourth-order valence-corrected chi connectivity index (χ4v) is 3.91. The molecule has 0 aliphatic heterocycles. The molecule has 0 bridgehead atoms. The second-order valence-electron chi connectivity index (χ2n) is 5.64. The van der Waals surface area contributed by atoms with Gasteiger partial charge in [0.15, 0.2) is 0 Å². The van der Waals surface area contributed by atoms with Gasteiger partial charge in [-0.1, -0.05) is 43.9 Å². The minimum absolute atomic E-state index is 0.448. The summed E-state index contributed by atoms with van der Waals surface area (Å²) in [4.78, 5) is 0. The quantitative estimate of drug-likeness (QED) is 0.676. The van der Waals surface area contributed by atoms with Crippen LogP contribution in [0.25, 0.3) is 0 Å². The van der Waals surface area contributed by atoms with Gasteiger partial charge in [0.2, 0.25) is 0 Å². The van der Waals surface area contributed by atoms with Gasteiger partial charge in [-0.15, -0.1) is 0 Å². The Morgan fingerprint density at radius 3 is 2.84 bits per heavy atom. The zero-order chi connectivity index (χ0) is 13.8. The van der Waals surface area contributed by atoms with E-state index in [1.54, 1.807) is 0 Å². The molecule has 3 heteroatoms. The molecule has 3 atom stereocenters. The van der Waals surface area contributed by atoms with Crippen molar-refractivity contribution in [2.75, 3.05) is 7.05 Å². The third-order valence-corrected chi connectivity index (χ3v) is 6.06. The van der Waals surface area contributed by atoms with Crippen molar-refractivity contribution in [3.05, 3.63) is 32.4 Å². The lowest BCUT2D eigenvalue weighted by Gasteiger charge is -2.34. The van der Waals surface area contributed by atoms with Crippen LogP contribution in [-0.2, 0) is 0 Å². The lowest BCUT2D eigenvalue weighted by atomic mass is 9.75. The van der Waals surface area contributed by atoms with Crippen LogP contribution in [0.5, 0.6) is 0 Å². The minimum atomic E-state index is 0.448. The van der Waals surface area contributed by atoms with Gasteiger partial charge in [-0.25, -0.2) is 0 Å². The van der Waals surface area contributed by atoms with Crippen LogP contribution in [0, 0.1) is 15.4 Å². The number of hydrogen-bond donors (Lipinski definition) is 1. The van der Waals surface area contributed by atoms with Crippen LogP contribution in [0.1, 0.15) is 50.6 Å². The normalized spacial score (nSPS) is 25.3. The molecule has 1 N–H and O–H groups in total. The largest absolute Gasteiger partial charge is 0.313 e. The highest BCUT2D eigenvalue weighted by Crippen LogP contribution is 2.39. The summed E-state index contributed by atoms with van der Waals surface area (Å²) in [5.41, 5.74) is 1.34. The summed E-state index contributed by atoms with van der Waals surface area (Å²) in [5, 5.41) is 4.39. The van der Waals surface area contributed by atoms with Gasteiger partial charge in [-0.05, 0) is 72.0 Å². The van der Waals surface area contributed by atoms with E-state index in [-0.39, 0.29) is 0 Å². The first-order chi connectivity index (χ1) is 9.15. The first kappa shape index (κ1) is 15.6. The highest BCUT2D eigenvalue weighted by molar-refractivity contribution is 14.1. The molecular formula is C16H23ClIN. The summed E-state index contributed by atoms with van der Waals surface area (Å²) in [6.45, 7) is 2.32. The standard InChI is InChI=1S/C16H23ClIN/c1-3-11-5-4-6-12(9-11)16(19-2)13-7-8-15(18)14(17)10-13/h7-8,10-12,16,19H,3-6,9H2,1-2H3. The zero-order valence-corrected chi connectivity index (χ0v) is 14.7. The molecule has 1 aliphatic rings. The van der Waals surface area contributed by atoms with E-state index in [4.69, 9.17) is 11.6 Å². The Bertz CT molecular complexity index is 421. The van der Waals surface area contributed by atoms with Crippen molar-refractivity contribution in [3.63, 3.8) is 0 Å². The van der Waals surface area contributed by atoms with Gasteiger partial charge in [0.25, 0.3) is 0 Å². The second kappa shape index (κ2) is 7.28. The van der Waals surface area contributed by atoms with E-state index in [0.717, 1.165) is 20.4 Å². The van der Waals surface area contributed by atoms with E-state index in [0.29, 0.717) is 6.04 Å². The summed E-state index contributed by atoms with van der Waals surface area (Å²) in [5.74, 6) is 1.66. The van der Waals surface area contributed by atoms with Crippen LogP contribution in [0.15, 0.2) is 18.2 Å². The Morgan fingerprint density at radius 1 is 1.42 bits per heavy atom. The van der Waals surface area contributed by atoms with Gasteiger partial charge in [0, 0.05) is 9.61 Å². The molecule has 1 aliphatic carbocycles. The Labute approximate surface area is 135 Å². The van der Waals surface area contributed by atoms with Crippen molar-refractivity contribution in [1.29, 1.82) is 0 Å². The third kappa shape index (κ3) is 3.85. The average molecular weight is 392 g/mol. The number of halogens is 2. The molecule has 1 aromatic rings. The van der Waals surface area contributed by atoms with Crippen LogP contribution in [-0.4, -0.2) is 7.05 Å². The van der Waals surface area contributed by atoms with Gasteiger partial charge >= 0.3 is 0 Å². The lowest BCUT2D eigenvalue weighted by molar-refractivity contribution is 0.214. The van der Waals surface area contributed by atoms with Crippen molar-refractivity contribution < 1.29 is 0 Å². The average Bonchev–Trinajstić information content (AvgIpc) is 2.44. The number of nitrogens with one attached hydrogen (secondary N) is 1. The van der Waals surface area contributed by atoms with E-state index in [9.17, 15) is 0 Å². The van der Waals surface area contributed by atoms with Crippen LogP contribution >= 0.6 is 34.2 Å². The fourth-order valence-electron chi connectivity index (χ4n) is 3.39. The molecule has 1 nitrogen and oxygen atoms in total. The fraction of sp³-hybridized carbons (Fsp3) is 0.625. The molecule has 0 radical (unpaired) electrons. The van der Waals surface area contributed by atoms with Gasteiger partial charge in [-0.3, -0.25) is 0 Å². The summed E-state index contributed by atoms with van der Waals surface area (Å²) in [6, 6.07) is 6.94. The summed E-state index contributed by atoms with van der Waals surface area (Å²) in [6.07, 6.45) is 6.80. The summed E-state index contributed by atoms with van der Waals surface area (Å²) >= 11 is 8.56. The molecule has 0 heterocycles. The number of hydrogen-bond acceptors (Lipinski definition) is 1. The molecule has 1 fully saturated rings. The van der Waals surface area contributed by atoms with E-state index in [1.165, 1.54) is 37.7 Å². The maximum atomic E-state index is 6.27. The zero-order valence-electron chi connectivity index (χ0n) is 11.8. The smallest absolute Gasteiger partial charge is 0.0542 e. The predicted octanol–water partition coefficient (Wildman–Crippen LogP) is 5.42. The summed E-state index contributed by atoms with van der Waals surface area (Å²) < 4.78 is 1.13. The molecule has 19 heavy (non-hydrogen) atoms. The van der Waals surface area contributed by atoms with E-state index < -0.39 is 0 Å². The van der Waals surface area contributed by atoms with Crippen molar-refractivity contribution in [3.8, 4) is 0 Å². The lowest BCUT2D eigenvalue weighted by Crippen LogP contribution is -2.29. The highest BCUT2D eigenvalue weighted by Gasteiger charge is 2.28. The van der Waals surface area contributed by atoms with Crippen molar-refractivity contribution in [2.24, 2.45) is 11.8 Å². The van der Waals surface area contributed by atoms with E-state index in [2.05, 4.69) is 60.1 Å². The van der Waals surface area contributed by atoms with Crippen molar-refractivity contribution in [2.45, 2.75) is 45.1 Å². The molecule has 2 rings (SSSR count). The second-order valence-corrected chi connectivity index (χ2v) is 7.21. The number of benzene rings is 1. The van der Waals surface area contributed by atoms with Crippen LogP contribution < -0.4 is 5.32 Å². The van der Waals surface area contributed by atoms with Gasteiger partial charge in [0.05, 0.1) is 5.02 Å². The van der Waals surface area contributed by atoms with Gasteiger partial charge in [-0.2, -0.15) is 0 Å². The third-order valence-electron chi connectivity index (χ3n) is 4.49. The molecule has 0 amide bonds. The molecule has 1 saturated carbocycles. The molecule has 0 saturated heterocycles. The van der Waals surface area contributed by atoms with Gasteiger partial charge in [0.1, 0.15) is 0 Å². The predicted molar refractivity (Wildman–Crippen MR) is 91.7 cm³/mol. The SMILES string of the molecule is CCC1CCCC(C(NC)c2ccc(I)c(Cl)c2)C1.